The zero-order valence-corrected chi connectivity index (χ0v) is 10.7. The Morgan fingerprint density at radius 2 is 1.90 bits per heavy atom. The van der Waals surface area contributed by atoms with Crippen molar-refractivity contribution in [1.82, 2.24) is 9.97 Å². The molecule has 10 heteroatoms. The molecule has 110 valence electrons. The van der Waals surface area contributed by atoms with Gasteiger partial charge in [0.1, 0.15) is 12.1 Å². The van der Waals surface area contributed by atoms with Gasteiger partial charge in [-0.05, 0) is 12.1 Å². The van der Waals surface area contributed by atoms with Gasteiger partial charge in [0.05, 0.1) is 4.92 Å². The van der Waals surface area contributed by atoms with Crippen LogP contribution in [0.4, 0.5) is 18.9 Å². The molecule has 1 aromatic carbocycles. The standard InChI is InChI=1S/C11H5ClF3N3O3/c12-10-9(18(19)20)8(16-5-17-10)6-3-1-2-4-7(6)21-11(13,14)15/h1-5H. The van der Waals surface area contributed by atoms with Gasteiger partial charge >= 0.3 is 12.0 Å². The molecular weight excluding hydrogens is 315 g/mol. The van der Waals surface area contributed by atoms with Crippen molar-refractivity contribution in [3.05, 3.63) is 45.9 Å². The van der Waals surface area contributed by atoms with E-state index in [1.807, 2.05) is 0 Å². The number of aromatic nitrogens is 2. The van der Waals surface area contributed by atoms with Gasteiger partial charge in [-0.25, -0.2) is 9.97 Å². The Kier molecular flexibility index (Phi) is 3.94. The fourth-order valence-corrected chi connectivity index (χ4v) is 1.79. The third-order valence-electron chi connectivity index (χ3n) is 2.33. The van der Waals surface area contributed by atoms with Crippen molar-refractivity contribution >= 4 is 17.3 Å². The SMILES string of the molecule is O=[N+]([O-])c1c(Cl)ncnc1-c1ccccc1OC(F)(F)F. The van der Waals surface area contributed by atoms with Crippen LogP contribution in [0.15, 0.2) is 30.6 Å². The molecule has 0 spiro atoms. The van der Waals surface area contributed by atoms with Crippen LogP contribution in [0.3, 0.4) is 0 Å². The second-order valence-corrected chi connectivity index (χ2v) is 4.02. The third-order valence-corrected chi connectivity index (χ3v) is 2.60. The quantitative estimate of drug-likeness (QED) is 0.490. The first-order valence-corrected chi connectivity index (χ1v) is 5.67. The molecular formula is C11H5ClF3N3O3. The number of alkyl halides is 3. The zero-order valence-electron chi connectivity index (χ0n) is 9.96. The maximum Gasteiger partial charge on any atom is 0.573 e. The van der Waals surface area contributed by atoms with E-state index in [9.17, 15) is 23.3 Å². The molecule has 0 N–H and O–H groups in total. The number of benzene rings is 1. The molecule has 2 rings (SSSR count). The van der Waals surface area contributed by atoms with E-state index in [0.29, 0.717) is 0 Å². The molecule has 0 atom stereocenters. The number of para-hydroxylation sites is 1. The van der Waals surface area contributed by atoms with Crippen molar-refractivity contribution in [2.45, 2.75) is 6.36 Å². The van der Waals surface area contributed by atoms with Crippen molar-refractivity contribution in [3.63, 3.8) is 0 Å². The summed E-state index contributed by atoms with van der Waals surface area (Å²) in [6.07, 6.45) is -4.03. The van der Waals surface area contributed by atoms with E-state index in [1.165, 1.54) is 18.2 Å². The van der Waals surface area contributed by atoms with E-state index in [2.05, 4.69) is 14.7 Å². The fraction of sp³-hybridized carbons (Fsp3) is 0.0909. The average Bonchev–Trinajstić information content (AvgIpc) is 2.36. The number of nitro groups is 1. The molecule has 0 aliphatic heterocycles. The fourth-order valence-electron chi connectivity index (χ4n) is 1.59. The predicted octanol–water partition coefficient (Wildman–Crippen LogP) is 3.60. The second kappa shape index (κ2) is 5.52. The highest BCUT2D eigenvalue weighted by atomic mass is 35.5. The molecule has 1 aromatic heterocycles. The third kappa shape index (κ3) is 3.37. The van der Waals surface area contributed by atoms with Crippen LogP contribution in [-0.4, -0.2) is 21.3 Å². The number of nitrogens with zero attached hydrogens (tertiary/aromatic N) is 3. The first-order valence-electron chi connectivity index (χ1n) is 5.29. The molecule has 0 amide bonds. The van der Waals surface area contributed by atoms with E-state index in [1.54, 1.807) is 0 Å². The van der Waals surface area contributed by atoms with Crippen LogP contribution < -0.4 is 4.74 Å². The molecule has 0 aliphatic carbocycles. The van der Waals surface area contributed by atoms with Gasteiger partial charge in [-0.3, -0.25) is 10.1 Å². The van der Waals surface area contributed by atoms with Gasteiger partial charge in [-0.15, -0.1) is 13.2 Å². The largest absolute Gasteiger partial charge is 0.573 e. The highest BCUT2D eigenvalue weighted by molar-refractivity contribution is 6.31. The highest BCUT2D eigenvalue weighted by Gasteiger charge is 2.33. The maximum atomic E-state index is 12.4. The van der Waals surface area contributed by atoms with Gasteiger partial charge in [0, 0.05) is 5.56 Å². The highest BCUT2D eigenvalue weighted by Crippen LogP contribution is 2.38. The molecule has 0 unspecified atom stereocenters. The minimum absolute atomic E-state index is 0.217. The Morgan fingerprint density at radius 1 is 1.24 bits per heavy atom. The van der Waals surface area contributed by atoms with Gasteiger partial charge < -0.3 is 4.74 Å². The molecule has 0 saturated heterocycles. The van der Waals surface area contributed by atoms with Crippen LogP contribution in [0, 0.1) is 10.1 Å². The van der Waals surface area contributed by atoms with Crippen LogP contribution in [0.5, 0.6) is 5.75 Å². The van der Waals surface area contributed by atoms with Crippen LogP contribution in [0.1, 0.15) is 0 Å². The van der Waals surface area contributed by atoms with Crippen LogP contribution in [0.25, 0.3) is 11.3 Å². The Bertz CT molecular complexity index is 694. The summed E-state index contributed by atoms with van der Waals surface area (Å²) >= 11 is 5.60. The van der Waals surface area contributed by atoms with Crippen LogP contribution >= 0.6 is 11.6 Å². The summed E-state index contributed by atoms with van der Waals surface area (Å²) in [5, 5.41) is 10.5. The first kappa shape index (κ1) is 15.0. The molecule has 2 aromatic rings. The lowest BCUT2D eigenvalue weighted by Crippen LogP contribution is -2.17. The van der Waals surface area contributed by atoms with E-state index in [4.69, 9.17) is 11.6 Å². The van der Waals surface area contributed by atoms with Crippen molar-refractivity contribution < 1.29 is 22.8 Å². The molecule has 0 radical (unpaired) electrons. The molecule has 0 fully saturated rings. The zero-order chi connectivity index (χ0) is 15.6. The first-order chi connectivity index (χ1) is 9.79. The Balaban J connectivity index is 2.63. The van der Waals surface area contributed by atoms with Gasteiger partial charge in [-0.2, -0.15) is 0 Å². The lowest BCUT2D eigenvalue weighted by Gasteiger charge is -2.12. The Hall–Kier alpha value is -2.42. The lowest BCUT2D eigenvalue weighted by molar-refractivity contribution is -0.384. The minimum atomic E-state index is -4.94. The number of hydrogen-bond acceptors (Lipinski definition) is 5. The summed E-state index contributed by atoms with van der Waals surface area (Å²) in [5.74, 6) is -0.622. The summed E-state index contributed by atoms with van der Waals surface area (Å²) in [6, 6.07) is 4.90. The van der Waals surface area contributed by atoms with Crippen molar-refractivity contribution in [2.24, 2.45) is 0 Å². The summed E-state index contributed by atoms with van der Waals surface area (Å²) in [5.41, 5.74) is -1.27. The Morgan fingerprint density at radius 3 is 2.52 bits per heavy atom. The average molecular weight is 320 g/mol. The molecule has 0 aliphatic rings. The topological polar surface area (TPSA) is 78.2 Å². The molecule has 0 saturated carbocycles. The van der Waals surface area contributed by atoms with E-state index < -0.39 is 27.9 Å². The minimum Gasteiger partial charge on any atom is -0.405 e. The van der Waals surface area contributed by atoms with Gasteiger partial charge in [0.25, 0.3) is 0 Å². The number of ether oxygens (including phenoxy) is 1. The van der Waals surface area contributed by atoms with Gasteiger partial charge in [-0.1, -0.05) is 23.7 Å². The van der Waals surface area contributed by atoms with Crippen LogP contribution in [0.2, 0.25) is 5.15 Å². The van der Waals surface area contributed by atoms with Gasteiger partial charge in [0.15, 0.2) is 5.69 Å². The molecule has 1 heterocycles. The molecule has 0 bridgehead atoms. The second-order valence-electron chi connectivity index (χ2n) is 3.66. The Labute approximate surface area is 120 Å². The van der Waals surface area contributed by atoms with Crippen molar-refractivity contribution in [3.8, 4) is 17.0 Å². The summed E-state index contributed by atoms with van der Waals surface area (Å²) in [4.78, 5) is 17.2. The molecule has 21 heavy (non-hydrogen) atoms. The summed E-state index contributed by atoms with van der Waals surface area (Å²) in [6.45, 7) is 0. The smallest absolute Gasteiger partial charge is 0.405 e. The number of halogens is 4. The molecule has 6 nitrogen and oxygen atoms in total. The van der Waals surface area contributed by atoms with E-state index in [0.717, 1.165) is 12.4 Å². The maximum absolute atomic E-state index is 12.4. The summed E-state index contributed by atoms with van der Waals surface area (Å²) in [7, 11) is 0. The van der Waals surface area contributed by atoms with Crippen LogP contribution in [-0.2, 0) is 0 Å². The van der Waals surface area contributed by atoms with Crippen molar-refractivity contribution in [1.29, 1.82) is 0 Å². The lowest BCUT2D eigenvalue weighted by atomic mass is 10.1. The van der Waals surface area contributed by atoms with Gasteiger partial charge in [0.2, 0.25) is 5.15 Å². The number of rotatable bonds is 3. The predicted molar refractivity (Wildman–Crippen MR) is 65.8 cm³/mol. The monoisotopic (exact) mass is 319 g/mol. The normalized spacial score (nSPS) is 11.2. The van der Waals surface area contributed by atoms with E-state index >= 15 is 0 Å². The summed E-state index contributed by atoms with van der Waals surface area (Å²) < 4.78 is 40.9. The van der Waals surface area contributed by atoms with E-state index in [-0.39, 0.29) is 11.3 Å². The van der Waals surface area contributed by atoms with Crippen molar-refractivity contribution in [2.75, 3.05) is 0 Å². The number of hydrogen-bond donors (Lipinski definition) is 0.